The van der Waals surface area contributed by atoms with E-state index in [0.717, 1.165) is 57.4 Å². The van der Waals surface area contributed by atoms with Gasteiger partial charge in [0.1, 0.15) is 0 Å². The Kier molecular flexibility index (Phi) is 6.97. The number of para-hydroxylation sites is 1. The van der Waals surface area contributed by atoms with Gasteiger partial charge < -0.3 is 15.0 Å². The van der Waals surface area contributed by atoms with Gasteiger partial charge in [0.25, 0.3) is 0 Å². The lowest BCUT2D eigenvalue weighted by atomic mass is 10.1. The van der Waals surface area contributed by atoms with Crippen molar-refractivity contribution in [1.29, 1.82) is 0 Å². The number of rotatable bonds is 7. The Hall–Kier alpha value is -2.07. The second kappa shape index (κ2) is 10.2. The van der Waals surface area contributed by atoms with Crippen LogP contribution in [0.4, 0.5) is 10.8 Å². The fourth-order valence-electron chi connectivity index (χ4n) is 3.96. The van der Waals surface area contributed by atoms with E-state index >= 15 is 0 Å². The fourth-order valence-corrected chi connectivity index (χ4v) is 6.74. The molecule has 3 aromatic rings. The summed E-state index contributed by atoms with van der Waals surface area (Å²) in [5, 5.41) is 12.6. The van der Waals surface area contributed by atoms with Gasteiger partial charge in [0.05, 0.1) is 23.6 Å². The minimum Gasteiger partial charge on any atom is -0.376 e. The van der Waals surface area contributed by atoms with Gasteiger partial charge in [-0.3, -0.25) is 4.79 Å². The smallest absolute Gasteiger partial charge is 0.238 e. The van der Waals surface area contributed by atoms with Crippen molar-refractivity contribution in [1.82, 2.24) is 10.2 Å². The van der Waals surface area contributed by atoms with E-state index in [-0.39, 0.29) is 18.1 Å². The monoisotopic (exact) mass is 484 g/mol. The van der Waals surface area contributed by atoms with Gasteiger partial charge >= 0.3 is 0 Å². The van der Waals surface area contributed by atoms with Crippen LogP contribution in [0.25, 0.3) is 0 Å². The third-order valence-corrected chi connectivity index (χ3v) is 8.65. The van der Waals surface area contributed by atoms with Gasteiger partial charge in [0.2, 0.25) is 11.0 Å². The van der Waals surface area contributed by atoms with Crippen molar-refractivity contribution in [3.05, 3.63) is 60.2 Å². The summed E-state index contributed by atoms with van der Waals surface area (Å²) in [5.41, 5.74) is 2.14. The molecule has 1 saturated heterocycles. The Balaban J connectivity index is 1.27. The molecule has 0 radical (unpaired) electrons. The summed E-state index contributed by atoms with van der Waals surface area (Å²) in [6.45, 7) is 1.59. The average Bonchev–Trinajstić information content (AvgIpc) is 3.53. The quantitative estimate of drug-likeness (QED) is 0.468. The number of aromatic nitrogens is 2. The molecule has 3 heterocycles. The van der Waals surface area contributed by atoms with E-state index in [1.807, 2.05) is 41.3 Å². The number of hydrogen-bond acceptors (Lipinski definition) is 8. The number of thioether (sulfide) groups is 2. The fraction of sp³-hybridized carbons (Fsp3) is 0.348. The molecule has 0 bridgehead atoms. The van der Waals surface area contributed by atoms with Crippen molar-refractivity contribution in [2.75, 3.05) is 34.9 Å². The van der Waals surface area contributed by atoms with E-state index in [9.17, 15) is 4.79 Å². The number of carbonyl (C=O) groups is 1. The number of ether oxygens (including phenoxy) is 1. The number of benzene rings is 2. The standard InChI is InChI=1S/C23H24N4O2S3/c28-21(15-31-23-26-25-22(32-23)24-13-17-9-6-12-29-17)27-18-10-4-5-11-20(18)30-14-19(27)16-7-2-1-3-8-16/h1-5,7-8,10-11,17,19H,6,9,12-15H2,(H,24,25)/t17-,19-/m1/s1. The molecule has 5 rings (SSSR count). The number of hydrogen-bond donors (Lipinski definition) is 1. The molecule has 1 fully saturated rings. The van der Waals surface area contributed by atoms with Crippen LogP contribution in [0, 0.1) is 0 Å². The number of nitrogens with zero attached hydrogens (tertiary/aromatic N) is 3. The van der Waals surface area contributed by atoms with Crippen molar-refractivity contribution in [3.63, 3.8) is 0 Å². The zero-order chi connectivity index (χ0) is 21.8. The van der Waals surface area contributed by atoms with Gasteiger partial charge in [-0.05, 0) is 30.5 Å². The van der Waals surface area contributed by atoms with Crippen LogP contribution in [0.5, 0.6) is 0 Å². The molecule has 2 aliphatic rings. The average molecular weight is 485 g/mol. The van der Waals surface area contributed by atoms with Crippen LogP contribution in [0.15, 0.2) is 63.8 Å². The highest BCUT2D eigenvalue weighted by molar-refractivity contribution is 8.01. The Morgan fingerprint density at radius 1 is 1.16 bits per heavy atom. The maximum atomic E-state index is 13.4. The third kappa shape index (κ3) is 4.96. The number of amides is 1. The van der Waals surface area contributed by atoms with Crippen LogP contribution in [0.3, 0.4) is 0 Å². The van der Waals surface area contributed by atoms with Crippen molar-refractivity contribution in [2.24, 2.45) is 0 Å². The van der Waals surface area contributed by atoms with Crippen LogP contribution in [0.1, 0.15) is 24.4 Å². The first-order valence-corrected chi connectivity index (χ1v) is 13.5. The Labute approximate surface area is 200 Å². The predicted molar refractivity (Wildman–Crippen MR) is 132 cm³/mol. The molecule has 9 heteroatoms. The van der Waals surface area contributed by atoms with Gasteiger partial charge in [-0.15, -0.1) is 22.0 Å². The first-order valence-electron chi connectivity index (χ1n) is 10.7. The van der Waals surface area contributed by atoms with E-state index in [1.54, 1.807) is 11.8 Å². The zero-order valence-electron chi connectivity index (χ0n) is 17.5. The molecule has 0 unspecified atom stereocenters. The second-order valence-corrected chi connectivity index (χ2v) is 10.9. The molecular formula is C23H24N4O2S3. The van der Waals surface area contributed by atoms with Gasteiger partial charge in [-0.1, -0.05) is 65.6 Å². The molecule has 0 saturated carbocycles. The minimum absolute atomic E-state index is 0.0160. The second-order valence-electron chi connectivity index (χ2n) is 7.65. The highest BCUT2D eigenvalue weighted by Gasteiger charge is 2.32. The lowest BCUT2D eigenvalue weighted by molar-refractivity contribution is -0.116. The number of carbonyl (C=O) groups excluding carboxylic acids is 1. The summed E-state index contributed by atoms with van der Waals surface area (Å²) < 4.78 is 6.44. The van der Waals surface area contributed by atoms with Gasteiger partial charge in [0, 0.05) is 23.8 Å². The van der Waals surface area contributed by atoms with Crippen molar-refractivity contribution >= 4 is 51.6 Å². The zero-order valence-corrected chi connectivity index (χ0v) is 19.9. The molecular weight excluding hydrogens is 460 g/mol. The van der Waals surface area contributed by atoms with E-state index in [4.69, 9.17) is 4.74 Å². The highest BCUT2D eigenvalue weighted by Crippen LogP contribution is 2.43. The topological polar surface area (TPSA) is 67.3 Å². The molecule has 166 valence electrons. The largest absolute Gasteiger partial charge is 0.376 e. The van der Waals surface area contributed by atoms with Gasteiger partial charge in [-0.25, -0.2) is 0 Å². The molecule has 2 atom stereocenters. The predicted octanol–water partition coefficient (Wildman–Crippen LogP) is 5.10. The van der Waals surface area contributed by atoms with E-state index in [2.05, 4.69) is 33.7 Å². The lowest BCUT2D eigenvalue weighted by Gasteiger charge is -2.37. The maximum Gasteiger partial charge on any atom is 0.238 e. The molecule has 2 aromatic carbocycles. The maximum absolute atomic E-state index is 13.4. The first-order chi connectivity index (χ1) is 15.8. The van der Waals surface area contributed by atoms with E-state index < -0.39 is 0 Å². The molecule has 2 aliphatic heterocycles. The van der Waals surface area contributed by atoms with E-state index in [1.165, 1.54) is 23.1 Å². The molecule has 1 amide bonds. The third-order valence-electron chi connectivity index (χ3n) is 5.52. The number of fused-ring (bicyclic) bond motifs is 1. The number of nitrogens with one attached hydrogen (secondary N) is 1. The van der Waals surface area contributed by atoms with Crippen LogP contribution < -0.4 is 10.2 Å². The summed E-state index contributed by atoms with van der Waals surface area (Å²) in [4.78, 5) is 16.6. The van der Waals surface area contributed by atoms with Crippen molar-refractivity contribution in [3.8, 4) is 0 Å². The summed E-state index contributed by atoms with van der Waals surface area (Å²) in [6.07, 6.45) is 2.46. The van der Waals surface area contributed by atoms with Crippen LogP contribution in [-0.2, 0) is 9.53 Å². The Morgan fingerprint density at radius 2 is 2.00 bits per heavy atom. The van der Waals surface area contributed by atoms with Crippen LogP contribution in [0.2, 0.25) is 0 Å². The van der Waals surface area contributed by atoms with E-state index in [0.29, 0.717) is 5.75 Å². The van der Waals surface area contributed by atoms with Crippen molar-refractivity contribution < 1.29 is 9.53 Å². The molecule has 1 aromatic heterocycles. The lowest BCUT2D eigenvalue weighted by Crippen LogP contribution is -2.39. The molecule has 1 N–H and O–H groups in total. The summed E-state index contributed by atoms with van der Waals surface area (Å²) in [5.74, 6) is 1.25. The normalized spacial score (nSPS) is 20.2. The van der Waals surface area contributed by atoms with Crippen LogP contribution >= 0.6 is 34.9 Å². The summed E-state index contributed by atoms with van der Waals surface area (Å²) in [7, 11) is 0. The molecule has 0 spiro atoms. The number of anilines is 2. The van der Waals surface area contributed by atoms with Gasteiger partial charge in [-0.2, -0.15) is 0 Å². The molecule has 32 heavy (non-hydrogen) atoms. The van der Waals surface area contributed by atoms with Gasteiger partial charge in [0.15, 0.2) is 4.34 Å². The summed E-state index contributed by atoms with van der Waals surface area (Å²) >= 11 is 4.74. The Bertz CT molecular complexity index is 1060. The molecule has 0 aliphatic carbocycles. The Morgan fingerprint density at radius 3 is 2.84 bits per heavy atom. The molecule has 6 nitrogen and oxygen atoms in total. The highest BCUT2D eigenvalue weighted by atomic mass is 32.2. The first kappa shape index (κ1) is 21.8. The van der Waals surface area contributed by atoms with Crippen LogP contribution in [-0.4, -0.2) is 46.9 Å². The SMILES string of the molecule is O=C(CSc1nnc(NC[C@H]2CCCO2)s1)N1c2ccccc2SC[C@@H]1c1ccccc1. The summed E-state index contributed by atoms with van der Waals surface area (Å²) in [6, 6.07) is 18.4. The minimum atomic E-state index is 0.0160. The van der Waals surface area contributed by atoms with Crippen molar-refractivity contribution in [2.45, 2.75) is 34.2 Å².